The van der Waals surface area contributed by atoms with Gasteiger partial charge in [-0.3, -0.25) is 15.1 Å². The van der Waals surface area contributed by atoms with Gasteiger partial charge in [0.05, 0.1) is 12.6 Å². The molecule has 1 aliphatic heterocycles. The van der Waals surface area contributed by atoms with E-state index in [1.807, 2.05) is 13.0 Å². The summed E-state index contributed by atoms with van der Waals surface area (Å²) in [6.07, 6.45) is 1.36. The second-order valence-electron chi connectivity index (χ2n) is 5.47. The number of piperidine rings is 1. The van der Waals surface area contributed by atoms with E-state index in [1.54, 1.807) is 7.11 Å². The van der Waals surface area contributed by atoms with Gasteiger partial charge in [0.25, 0.3) is 0 Å². The number of methoxy groups -OCH3 is 1. The van der Waals surface area contributed by atoms with Gasteiger partial charge in [-0.15, -0.1) is 0 Å². The third-order valence-electron chi connectivity index (χ3n) is 3.96. The van der Waals surface area contributed by atoms with Crippen LogP contribution in [0.15, 0.2) is 10.5 Å². The first-order chi connectivity index (χ1) is 9.55. The number of nitrogens with zero attached hydrogens (tertiary/aromatic N) is 1. The van der Waals surface area contributed by atoms with Crippen molar-refractivity contribution < 1.29 is 13.9 Å². The first-order valence-electron chi connectivity index (χ1n) is 6.90. The summed E-state index contributed by atoms with van der Waals surface area (Å²) in [5.74, 6) is 6.39. The van der Waals surface area contributed by atoms with Crippen molar-refractivity contribution in [1.82, 2.24) is 10.3 Å². The number of likely N-dealkylation sites (tertiary alicyclic amines) is 1. The average molecular weight is 281 g/mol. The number of nitrogens with two attached hydrogens (primary N) is 1. The number of carbonyl (C=O) groups is 1. The van der Waals surface area contributed by atoms with Gasteiger partial charge >= 0.3 is 5.91 Å². The lowest BCUT2D eigenvalue weighted by molar-refractivity contribution is -0.00923. The number of hydrogen-bond donors (Lipinski definition) is 2. The van der Waals surface area contributed by atoms with Crippen molar-refractivity contribution in [2.75, 3.05) is 20.2 Å². The Kier molecular flexibility index (Phi) is 4.80. The molecule has 0 aromatic carbocycles. The van der Waals surface area contributed by atoms with Gasteiger partial charge in [0.2, 0.25) is 0 Å². The van der Waals surface area contributed by atoms with E-state index < -0.39 is 5.91 Å². The highest BCUT2D eigenvalue weighted by Crippen LogP contribution is 2.22. The largest absolute Gasteiger partial charge is 0.454 e. The van der Waals surface area contributed by atoms with Crippen LogP contribution < -0.4 is 11.3 Å². The molecule has 0 bridgehead atoms. The Morgan fingerprint density at radius 1 is 1.65 bits per heavy atom. The van der Waals surface area contributed by atoms with Crippen molar-refractivity contribution in [3.63, 3.8) is 0 Å². The fourth-order valence-electron chi connectivity index (χ4n) is 2.69. The highest BCUT2D eigenvalue weighted by atomic mass is 16.5. The second kappa shape index (κ2) is 6.39. The molecule has 1 saturated heterocycles. The molecular weight excluding hydrogens is 258 g/mol. The van der Waals surface area contributed by atoms with Gasteiger partial charge < -0.3 is 9.15 Å². The highest BCUT2D eigenvalue weighted by Gasteiger charge is 2.27. The van der Waals surface area contributed by atoms with Gasteiger partial charge in [-0.05, 0) is 31.9 Å². The van der Waals surface area contributed by atoms with Gasteiger partial charge in [0, 0.05) is 19.2 Å². The molecule has 2 unspecified atom stereocenters. The van der Waals surface area contributed by atoms with E-state index in [0.717, 1.165) is 30.8 Å². The van der Waals surface area contributed by atoms with Crippen molar-refractivity contribution in [3.8, 4) is 0 Å². The topological polar surface area (TPSA) is 80.7 Å². The van der Waals surface area contributed by atoms with Crippen molar-refractivity contribution in [2.24, 2.45) is 11.8 Å². The first-order valence-corrected chi connectivity index (χ1v) is 6.90. The van der Waals surface area contributed by atoms with E-state index >= 15 is 0 Å². The number of ether oxygens (including phenoxy) is 1. The molecule has 0 spiro atoms. The Labute approximate surface area is 119 Å². The molecule has 1 aromatic rings. The van der Waals surface area contributed by atoms with E-state index in [2.05, 4.69) is 17.2 Å². The van der Waals surface area contributed by atoms with Crippen molar-refractivity contribution in [2.45, 2.75) is 32.9 Å². The van der Waals surface area contributed by atoms with Crippen LogP contribution in [0.5, 0.6) is 0 Å². The number of nitrogens with one attached hydrogen (secondary N) is 1. The lowest BCUT2D eigenvalue weighted by atomic mass is 9.96. The molecule has 0 saturated carbocycles. The van der Waals surface area contributed by atoms with Crippen molar-refractivity contribution in [1.29, 1.82) is 0 Å². The van der Waals surface area contributed by atoms with Gasteiger partial charge in [-0.2, -0.15) is 0 Å². The first kappa shape index (κ1) is 15.0. The predicted octanol–water partition coefficient (Wildman–Crippen LogP) is 1.05. The molecule has 2 atom stereocenters. The van der Waals surface area contributed by atoms with Crippen LogP contribution in [0.25, 0.3) is 0 Å². The Bertz CT molecular complexity index is 472. The summed E-state index contributed by atoms with van der Waals surface area (Å²) in [7, 11) is 1.76. The van der Waals surface area contributed by atoms with Gasteiger partial charge in [0.15, 0.2) is 5.76 Å². The summed E-state index contributed by atoms with van der Waals surface area (Å²) >= 11 is 0. The molecule has 112 valence electrons. The second-order valence-corrected chi connectivity index (χ2v) is 5.47. The van der Waals surface area contributed by atoms with Gasteiger partial charge in [0.1, 0.15) is 5.76 Å². The minimum absolute atomic E-state index is 0.256. The van der Waals surface area contributed by atoms with E-state index in [-0.39, 0.29) is 11.9 Å². The summed E-state index contributed by atoms with van der Waals surface area (Å²) in [6.45, 7) is 6.64. The highest BCUT2D eigenvalue weighted by molar-refractivity contribution is 5.92. The third-order valence-corrected chi connectivity index (χ3v) is 3.96. The van der Waals surface area contributed by atoms with Crippen LogP contribution in [0.2, 0.25) is 0 Å². The molecule has 1 fully saturated rings. The molecule has 2 rings (SSSR count). The molecule has 1 aromatic heterocycles. The van der Waals surface area contributed by atoms with Crippen molar-refractivity contribution >= 4 is 5.91 Å². The molecule has 2 heterocycles. The van der Waals surface area contributed by atoms with Crippen LogP contribution in [-0.2, 0) is 11.3 Å². The van der Waals surface area contributed by atoms with E-state index in [9.17, 15) is 4.79 Å². The average Bonchev–Trinajstić information content (AvgIpc) is 2.80. The number of carbonyl (C=O) groups excluding carboxylic acids is 1. The molecule has 6 nitrogen and oxygen atoms in total. The normalized spacial score (nSPS) is 23.8. The number of aryl methyl sites for hydroxylation is 1. The smallest absolute Gasteiger partial charge is 0.301 e. The van der Waals surface area contributed by atoms with Gasteiger partial charge in [-0.1, -0.05) is 6.92 Å². The third kappa shape index (κ3) is 3.20. The fraction of sp³-hybridized carbons (Fsp3) is 0.643. The maximum Gasteiger partial charge on any atom is 0.301 e. The molecule has 0 radical (unpaired) electrons. The summed E-state index contributed by atoms with van der Waals surface area (Å²) < 4.78 is 11.1. The zero-order valence-electron chi connectivity index (χ0n) is 12.3. The predicted molar refractivity (Wildman–Crippen MR) is 75.0 cm³/mol. The summed E-state index contributed by atoms with van der Waals surface area (Å²) in [5, 5.41) is 0. The van der Waals surface area contributed by atoms with Crippen LogP contribution in [0.3, 0.4) is 0 Å². The number of hydrogen-bond acceptors (Lipinski definition) is 5. The number of nitrogen functional groups attached to an aromatic ring is 1. The molecule has 0 aliphatic carbocycles. The molecule has 1 amide bonds. The molecule has 1 aliphatic rings. The quantitative estimate of drug-likeness (QED) is 0.490. The Hall–Kier alpha value is -1.37. The zero-order chi connectivity index (χ0) is 14.7. The van der Waals surface area contributed by atoms with E-state index in [0.29, 0.717) is 12.5 Å². The Balaban J connectivity index is 2.02. The molecule has 6 heteroatoms. The monoisotopic (exact) mass is 281 g/mol. The molecule has 3 N–H and O–H groups in total. The Morgan fingerprint density at radius 2 is 2.40 bits per heavy atom. The SMILES string of the molecule is COC1CN(Cc2cc(C)c(C(=O)NN)o2)CCC1C. The lowest BCUT2D eigenvalue weighted by Gasteiger charge is -2.35. The number of furan rings is 1. The molecular formula is C14H23N3O3. The van der Waals surface area contributed by atoms with Crippen LogP contribution >= 0.6 is 0 Å². The summed E-state index contributed by atoms with van der Waals surface area (Å²) in [6, 6.07) is 1.89. The maximum atomic E-state index is 11.5. The van der Waals surface area contributed by atoms with Crippen molar-refractivity contribution in [3.05, 3.63) is 23.2 Å². The number of amides is 1. The van der Waals surface area contributed by atoms with Gasteiger partial charge in [-0.25, -0.2) is 5.84 Å². The Morgan fingerprint density at radius 3 is 3.05 bits per heavy atom. The summed E-state index contributed by atoms with van der Waals surface area (Å²) in [5.41, 5.74) is 2.90. The fourth-order valence-corrected chi connectivity index (χ4v) is 2.69. The van der Waals surface area contributed by atoms with Crippen LogP contribution in [0.4, 0.5) is 0 Å². The van der Waals surface area contributed by atoms with Crippen LogP contribution in [0, 0.1) is 12.8 Å². The zero-order valence-corrected chi connectivity index (χ0v) is 12.3. The van der Waals surface area contributed by atoms with Crippen LogP contribution in [-0.4, -0.2) is 37.1 Å². The molecule has 20 heavy (non-hydrogen) atoms. The lowest BCUT2D eigenvalue weighted by Crippen LogP contribution is -2.43. The number of rotatable bonds is 4. The summed E-state index contributed by atoms with van der Waals surface area (Å²) in [4.78, 5) is 13.8. The van der Waals surface area contributed by atoms with E-state index in [4.69, 9.17) is 15.0 Å². The number of hydrazine groups is 1. The minimum atomic E-state index is -0.393. The maximum absolute atomic E-state index is 11.5. The van der Waals surface area contributed by atoms with E-state index in [1.165, 1.54) is 0 Å². The minimum Gasteiger partial charge on any atom is -0.454 e. The standard InChI is InChI=1S/C14H23N3O3/c1-9-4-5-17(8-12(9)19-3)7-11-6-10(2)13(20-11)14(18)16-15/h6,9,12H,4-5,7-8,15H2,1-3H3,(H,16,18). The van der Waals surface area contributed by atoms with Crippen LogP contribution in [0.1, 0.15) is 35.2 Å².